The topological polar surface area (TPSA) is 37.3 Å². The van der Waals surface area contributed by atoms with Crippen LogP contribution in [-0.2, 0) is 4.79 Å². The zero-order valence-electron chi connectivity index (χ0n) is 4.35. The molecule has 2 nitrogen and oxygen atoms in total. The lowest BCUT2D eigenvalue weighted by Gasteiger charge is -1.98. The average Bonchev–Trinajstić information content (AvgIpc) is 1.63. The minimum absolute atomic E-state index is 1.23. The summed E-state index contributed by atoms with van der Waals surface area (Å²) in [6, 6.07) is 0. The van der Waals surface area contributed by atoms with Crippen molar-refractivity contribution in [3.05, 3.63) is 0 Å². The van der Waals surface area contributed by atoms with E-state index < -0.39 is 25.0 Å². The highest BCUT2D eigenvalue weighted by molar-refractivity contribution is 5.71. The summed E-state index contributed by atoms with van der Waals surface area (Å²) < 4.78 is 34.0. The molecule has 0 aromatic heterocycles. The minimum atomic E-state index is -2.89. The lowest BCUT2D eigenvalue weighted by atomic mass is 10.3. The van der Waals surface area contributed by atoms with Crippen LogP contribution in [0.5, 0.6) is 0 Å². The molecular weight excluding hydrogens is 137 g/mol. The van der Waals surface area contributed by atoms with Gasteiger partial charge in [-0.25, -0.2) is 18.0 Å². The molecule has 0 aliphatic rings. The maximum Gasteiger partial charge on any atom is 0.338 e. The van der Waals surface area contributed by atoms with Crippen LogP contribution < -0.4 is 0 Å². The molecule has 54 valence electrons. The lowest BCUT2D eigenvalue weighted by Crippen LogP contribution is -2.17. The zero-order valence-corrected chi connectivity index (χ0v) is 4.35. The number of carbonyl (C=O) groups is 1. The van der Waals surface area contributed by atoms with Crippen LogP contribution in [0.15, 0.2) is 0 Å². The van der Waals surface area contributed by atoms with Crippen molar-refractivity contribution in [3.63, 3.8) is 0 Å². The van der Waals surface area contributed by atoms with Gasteiger partial charge in [-0.15, -0.1) is 0 Å². The first kappa shape index (κ1) is 8.26. The fourth-order valence-electron chi connectivity index (χ4n) is 0.257. The predicted molar refractivity (Wildman–Crippen MR) is 23.2 cm³/mol. The fourth-order valence-corrected chi connectivity index (χ4v) is 0.257. The van der Waals surface area contributed by atoms with Gasteiger partial charge in [0.1, 0.15) is 0 Å². The van der Waals surface area contributed by atoms with Gasteiger partial charge in [0.25, 0.3) is 0 Å². The quantitative estimate of drug-likeness (QED) is 0.639. The van der Waals surface area contributed by atoms with Crippen LogP contribution in [0.25, 0.3) is 0 Å². The van der Waals surface area contributed by atoms with E-state index in [1.807, 2.05) is 0 Å². The third-order valence-corrected chi connectivity index (χ3v) is 0.653. The molecule has 0 aliphatic heterocycles. The van der Waals surface area contributed by atoms with Gasteiger partial charge in [-0.3, -0.25) is 0 Å². The first-order valence-electron chi connectivity index (χ1n) is 2.19. The summed E-state index contributed by atoms with van der Waals surface area (Å²) in [6.45, 7) is 0. The van der Waals surface area contributed by atoms with Gasteiger partial charge in [0.2, 0.25) is 12.6 Å². The van der Waals surface area contributed by atoms with Gasteiger partial charge >= 0.3 is 5.97 Å². The van der Waals surface area contributed by atoms with E-state index in [4.69, 9.17) is 5.11 Å². The second kappa shape index (κ2) is 3.32. The van der Waals surface area contributed by atoms with Crippen LogP contribution in [0, 0.1) is 0 Å². The summed E-state index contributed by atoms with van der Waals surface area (Å²) in [4.78, 5) is 9.53. The lowest BCUT2D eigenvalue weighted by molar-refractivity contribution is -0.144. The summed E-state index contributed by atoms with van der Waals surface area (Å²) in [5.74, 6) is -1.84. The number of hydrogen-bond donors (Lipinski definition) is 1. The maximum atomic E-state index is 11.7. The molecular formula is C4H5F3O2. The van der Waals surface area contributed by atoms with Gasteiger partial charge in [-0.05, 0) is 0 Å². The molecule has 0 fully saturated rings. The molecule has 1 N–H and O–H groups in total. The van der Waals surface area contributed by atoms with E-state index >= 15 is 0 Å². The van der Waals surface area contributed by atoms with E-state index in [0.717, 1.165) is 0 Å². The number of rotatable bonds is 3. The smallest absolute Gasteiger partial charge is 0.338 e. The highest BCUT2D eigenvalue weighted by atomic mass is 19.3. The van der Waals surface area contributed by atoms with Crippen LogP contribution in [0.3, 0.4) is 0 Å². The SMILES string of the molecule is O=C(O)C(F)CC(F)F. The first-order valence-corrected chi connectivity index (χ1v) is 2.19. The van der Waals surface area contributed by atoms with E-state index in [1.165, 1.54) is 0 Å². The first-order chi connectivity index (χ1) is 4.04. The van der Waals surface area contributed by atoms with E-state index in [9.17, 15) is 18.0 Å². The fraction of sp³-hybridized carbons (Fsp3) is 0.750. The molecule has 0 radical (unpaired) electrons. The average molecular weight is 142 g/mol. The van der Waals surface area contributed by atoms with Gasteiger partial charge in [0, 0.05) is 0 Å². The number of halogens is 3. The third-order valence-electron chi connectivity index (χ3n) is 0.653. The molecule has 9 heavy (non-hydrogen) atoms. The summed E-state index contributed by atoms with van der Waals surface area (Å²) >= 11 is 0. The Labute approximate surface area is 49.3 Å². The van der Waals surface area contributed by atoms with Crippen LogP contribution in [0.4, 0.5) is 13.2 Å². The second-order valence-electron chi connectivity index (χ2n) is 1.43. The summed E-state index contributed by atoms with van der Waals surface area (Å²) in [5, 5.41) is 7.72. The molecule has 0 aromatic carbocycles. The van der Waals surface area contributed by atoms with E-state index in [2.05, 4.69) is 0 Å². The van der Waals surface area contributed by atoms with E-state index in [-0.39, 0.29) is 0 Å². The van der Waals surface area contributed by atoms with Crippen molar-refractivity contribution >= 4 is 5.97 Å². The Morgan fingerprint density at radius 2 is 1.89 bits per heavy atom. The standard InChI is InChI=1S/C4H5F3O2/c5-2(4(8)9)1-3(6)7/h2-3H,1H2,(H,8,9). The molecule has 0 amide bonds. The number of alkyl halides is 3. The predicted octanol–water partition coefficient (Wildman–Crippen LogP) is 1.06. The minimum Gasteiger partial charge on any atom is -0.479 e. The van der Waals surface area contributed by atoms with Crippen molar-refractivity contribution in [2.24, 2.45) is 0 Å². The van der Waals surface area contributed by atoms with Crippen LogP contribution in [0.1, 0.15) is 6.42 Å². The largest absolute Gasteiger partial charge is 0.479 e. The number of hydrogen-bond acceptors (Lipinski definition) is 1. The molecule has 0 spiro atoms. The number of carboxylic acid groups (broad SMARTS) is 1. The second-order valence-corrected chi connectivity index (χ2v) is 1.43. The monoisotopic (exact) mass is 142 g/mol. The van der Waals surface area contributed by atoms with Crippen LogP contribution in [-0.4, -0.2) is 23.7 Å². The molecule has 0 aromatic rings. The van der Waals surface area contributed by atoms with Crippen molar-refractivity contribution in [2.45, 2.75) is 19.0 Å². The van der Waals surface area contributed by atoms with Gasteiger partial charge in [0.05, 0.1) is 6.42 Å². The highest BCUT2D eigenvalue weighted by Crippen LogP contribution is 2.06. The van der Waals surface area contributed by atoms with Crippen molar-refractivity contribution in [1.82, 2.24) is 0 Å². The van der Waals surface area contributed by atoms with Gasteiger partial charge in [-0.1, -0.05) is 0 Å². The number of aliphatic carboxylic acids is 1. The molecule has 0 aliphatic carbocycles. The Balaban J connectivity index is 3.50. The Morgan fingerprint density at radius 1 is 1.44 bits per heavy atom. The Bertz CT molecular complexity index is 104. The molecule has 0 rings (SSSR count). The van der Waals surface area contributed by atoms with Gasteiger partial charge in [0.15, 0.2) is 0 Å². The summed E-state index contributed by atoms with van der Waals surface area (Å²) in [6.07, 6.45) is -6.56. The van der Waals surface area contributed by atoms with Crippen molar-refractivity contribution in [2.75, 3.05) is 0 Å². The van der Waals surface area contributed by atoms with E-state index in [0.29, 0.717) is 0 Å². The van der Waals surface area contributed by atoms with Gasteiger partial charge < -0.3 is 5.11 Å². The molecule has 5 heteroatoms. The van der Waals surface area contributed by atoms with Crippen molar-refractivity contribution in [1.29, 1.82) is 0 Å². The Morgan fingerprint density at radius 3 is 2.00 bits per heavy atom. The molecule has 0 saturated carbocycles. The molecule has 0 saturated heterocycles. The molecule has 1 atom stereocenters. The van der Waals surface area contributed by atoms with Gasteiger partial charge in [-0.2, -0.15) is 0 Å². The summed E-state index contributed by atoms with van der Waals surface area (Å²) in [5.41, 5.74) is 0. The van der Waals surface area contributed by atoms with Crippen molar-refractivity contribution in [3.8, 4) is 0 Å². The van der Waals surface area contributed by atoms with Crippen LogP contribution >= 0.6 is 0 Å². The highest BCUT2D eigenvalue weighted by Gasteiger charge is 2.20. The Hall–Kier alpha value is -0.740. The number of carboxylic acids is 1. The normalized spacial score (nSPS) is 13.8. The summed E-state index contributed by atoms with van der Waals surface area (Å²) in [7, 11) is 0. The maximum absolute atomic E-state index is 11.7. The van der Waals surface area contributed by atoms with Crippen molar-refractivity contribution < 1.29 is 23.1 Å². The third kappa shape index (κ3) is 3.81. The molecule has 0 bridgehead atoms. The molecule has 0 heterocycles. The molecule has 1 unspecified atom stereocenters. The van der Waals surface area contributed by atoms with E-state index in [1.54, 1.807) is 0 Å². The Kier molecular flexibility index (Phi) is 3.05. The van der Waals surface area contributed by atoms with Crippen LogP contribution in [0.2, 0.25) is 0 Å². The zero-order chi connectivity index (χ0) is 7.44.